The highest BCUT2D eigenvalue weighted by molar-refractivity contribution is 5.93. The first-order valence-corrected chi connectivity index (χ1v) is 5.97. The number of fused-ring (bicyclic) bond motifs is 1. The van der Waals surface area contributed by atoms with Crippen LogP contribution in [-0.4, -0.2) is 32.5 Å². The van der Waals surface area contributed by atoms with Crippen molar-refractivity contribution in [3.8, 4) is 5.69 Å². The molecule has 0 saturated heterocycles. The topological polar surface area (TPSA) is 98.7 Å². The summed E-state index contributed by atoms with van der Waals surface area (Å²) in [6.45, 7) is 0. The number of hydrogen-bond donors (Lipinski definition) is 2. The number of amides is 1. The molecule has 2 aromatic heterocycles. The number of nitrogens with one attached hydrogen (secondary N) is 1. The first-order chi connectivity index (χ1) is 9.69. The van der Waals surface area contributed by atoms with Gasteiger partial charge in [-0.05, 0) is 24.3 Å². The summed E-state index contributed by atoms with van der Waals surface area (Å²) >= 11 is 0. The summed E-state index contributed by atoms with van der Waals surface area (Å²) in [7, 11) is 1.75. The monoisotopic (exact) mass is 268 g/mol. The van der Waals surface area contributed by atoms with Gasteiger partial charge in [0.1, 0.15) is 11.8 Å². The number of imidazole rings is 1. The van der Waals surface area contributed by atoms with Crippen LogP contribution in [0.25, 0.3) is 16.9 Å². The fourth-order valence-corrected chi connectivity index (χ4v) is 1.91. The Morgan fingerprint density at radius 3 is 2.65 bits per heavy atom. The fourth-order valence-electron chi connectivity index (χ4n) is 1.91. The zero-order valence-corrected chi connectivity index (χ0v) is 10.7. The predicted molar refractivity (Wildman–Crippen MR) is 74.7 cm³/mol. The van der Waals surface area contributed by atoms with E-state index >= 15 is 0 Å². The van der Waals surface area contributed by atoms with Crippen LogP contribution in [0.15, 0.2) is 36.8 Å². The lowest BCUT2D eigenvalue weighted by atomic mass is 10.2. The highest BCUT2D eigenvalue weighted by Gasteiger charge is 2.08. The number of primary amides is 1. The number of nitrogens with two attached hydrogens (primary N) is 1. The third kappa shape index (κ3) is 1.95. The van der Waals surface area contributed by atoms with Gasteiger partial charge in [0.2, 0.25) is 11.9 Å². The standard InChI is InChI=1S/C13H12N6O/c1-15-13-16-6-10-12(18-13)19(7-17-10)9-4-2-8(3-5-9)11(14)20/h2-7H,1H3,(H2,14,20)(H,15,16,18). The lowest BCUT2D eigenvalue weighted by Gasteiger charge is -2.05. The first-order valence-electron chi connectivity index (χ1n) is 5.97. The van der Waals surface area contributed by atoms with Crippen molar-refractivity contribution < 1.29 is 4.79 Å². The molecule has 0 saturated carbocycles. The minimum Gasteiger partial charge on any atom is -0.366 e. The minimum atomic E-state index is -0.452. The maximum Gasteiger partial charge on any atom is 0.248 e. The molecule has 3 aromatic rings. The van der Waals surface area contributed by atoms with Crippen LogP contribution in [0.5, 0.6) is 0 Å². The Bertz CT molecular complexity index is 777. The summed E-state index contributed by atoms with van der Waals surface area (Å²) < 4.78 is 1.82. The number of anilines is 1. The SMILES string of the molecule is CNc1ncc2ncn(-c3ccc(C(N)=O)cc3)c2n1. The molecule has 0 aliphatic rings. The van der Waals surface area contributed by atoms with Crippen LogP contribution in [0.3, 0.4) is 0 Å². The third-order valence-corrected chi connectivity index (χ3v) is 2.94. The van der Waals surface area contributed by atoms with Crippen LogP contribution in [0.4, 0.5) is 5.95 Å². The Morgan fingerprint density at radius 2 is 2.00 bits per heavy atom. The quantitative estimate of drug-likeness (QED) is 0.737. The zero-order valence-electron chi connectivity index (χ0n) is 10.7. The predicted octanol–water partition coefficient (Wildman–Crippen LogP) is 0.956. The average molecular weight is 268 g/mol. The second kappa shape index (κ2) is 4.61. The van der Waals surface area contributed by atoms with E-state index in [0.717, 1.165) is 5.69 Å². The van der Waals surface area contributed by atoms with Gasteiger partial charge in [-0.3, -0.25) is 9.36 Å². The van der Waals surface area contributed by atoms with Gasteiger partial charge in [0.15, 0.2) is 5.65 Å². The van der Waals surface area contributed by atoms with E-state index in [1.54, 1.807) is 43.8 Å². The maximum absolute atomic E-state index is 11.1. The number of hydrogen-bond acceptors (Lipinski definition) is 5. The van der Waals surface area contributed by atoms with Crippen molar-refractivity contribution in [2.75, 3.05) is 12.4 Å². The van der Waals surface area contributed by atoms with Gasteiger partial charge >= 0.3 is 0 Å². The lowest BCUT2D eigenvalue weighted by molar-refractivity contribution is 0.100. The van der Waals surface area contributed by atoms with Gasteiger partial charge in [-0.25, -0.2) is 9.97 Å². The van der Waals surface area contributed by atoms with E-state index in [2.05, 4.69) is 20.3 Å². The van der Waals surface area contributed by atoms with E-state index in [1.165, 1.54) is 0 Å². The molecule has 7 nitrogen and oxygen atoms in total. The van der Waals surface area contributed by atoms with Crippen LogP contribution in [0.1, 0.15) is 10.4 Å². The van der Waals surface area contributed by atoms with Crippen LogP contribution in [-0.2, 0) is 0 Å². The molecular weight excluding hydrogens is 256 g/mol. The molecule has 100 valence electrons. The molecule has 0 aliphatic carbocycles. The molecule has 0 spiro atoms. The third-order valence-electron chi connectivity index (χ3n) is 2.94. The highest BCUT2D eigenvalue weighted by Crippen LogP contribution is 2.17. The fraction of sp³-hybridized carbons (Fsp3) is 0.0769. The van der Waals surface area contributed by atoms with Gasteiger partial charge in [0.25, 0.3) is 0 Å². The summed E-state index contributed by atoms with van der Waals surface area (Å²) in [5.41, 5.74) is 7.92. The maximum atomic E-state index is 11.1. The number of nitrogens with zero attached hydrogens (tertiary/aromatic N) is 4. The average Bonchev–Trinajstić information content (AvgIpc) is 2.90. The van der Waals surface area contributed by atoms with E-state index in [4.69, 9.17) is 5.73 Å². The van der Waals surface area contributed by atoms with Crippen molar-refractivity contribution in [2.45, 2.75) is 0 Å². The number of benzene rings is 1. The normalized spacial score (nSPS) is 10.7. The molecule has 2 heterocycles. The molecule has 7 heteroatoms. The van der Waals surface area contributed by atoms with Crippen LogP contribution in [0.2, 0.25) is 0 Å². The van der Waals surface area contributed by atoms with Gasteiger partial charge in [-0.2, -0.15) is 4.98 Å². The molecule has 3 rings (SSSR count). The minimum absolute atomic E-state index is 0.452. The Labute approximate surface area is 114 Å². The van der Waals surface area contributed by atoms with E-state index < -0.39 is 5.91 Å². The van der Waals surface area contributed by atoms with Crippen molar-refractivity contribution in [3.05, 3.63) is 42.4 Å². The van der Waals surface area contributed by atoms with Gasteiger partial charge in [0.05, 0.1) is 6.20 Å². The van der Waals surface area contributed by atoms with E-state index in [0.29, 0.717) is 22.7 Å². The van der Waals surface area contributed by atoms with Crippen molar-refractivity contribution in [2.24, 2.45) is 5.73 Å². The molecule has 20 heavy (non-hydrogen) atoms. The van der Waals surface area contributed by atoms with Crippen molar-refractivity contribution in [1.82, 2.24) is 19.5 Å². The van der Waals surface area contributed by atoms with Gasteiger partial charge < -0.3 is 11.1 Å². The number of aromatic nitrogens is 4. The zero-order chi connectivity index (χ0) is 14.1. The van der Waals surface area contributed by atoms with Gasteiger partial charge in [0, 0.05) is 18.3 Å². The number of carbonyl (C=O) groups is 1. The summed E-state index contributed by atoms with van der Waals surface area (Å²) in [5, 5.41) is 2.89. The number of carbonyl (C=O) groups excluding carboxylic acids is 1. The van der Waals surface area contributed by atoms with Gasteiger partial charge in [-0.15, -0.1) is 0 Å². The van der Waals surface area contributed by atoms with Crippen molar-refractivity contribution in [3.63, 3.8) is 0 Å². The lowest BCUT2D eigenvalue weighted by Crippen LogP contribution is -2.10. The van der Waals surface area contributed by atoms with Crippen molar-refractivity contribution in [1.29, 1.82) is 0 Å². The molecule has 1 amide bonds. The molecule has 0 radical (unpaired) electrons. The Morgan fingerprint density at radius 1 is 1.25 bits per heavy atom. The molecule has 0 bridgehead atoms. The Hall–Kier alpha value is -2.96. The molecular formula is C13H12N6O. The largest absolute Gasteiger partial charge is 0.366 e. The molecule has 0 unspecified atom stereocenters. The molecule has 1 aromatic carbocycles. The number of rotatable bonds is 3. The van der Waals surface area contributed by atoms with Crippen molar-refractivity contribution >= 4 is 23.0 Å². The van der Waals surface area contributed by atoms with Crippen LogP contribution >= 0.6 is 0 Å². The molecule has 0 aliphatic heterocycles. The summed E-state index contributed by atoms with van der Waals surface area (Å²) in [4.78, 5) is 23.8. The van der Waals surface area contributed by atoms with E-state index in [-0.39, 0.29) is 0 Å². The highest BCUT2D eigenvalue weighted by atomic mass is 16.1. The summed E-state index contributed by atoms with van der Waals surface area (Å²) in [6, 6.07) is 6.93. The summed E-state index contributed by atoms with van der Waals surface area (Å²) in [6.07, 6.45) is 3.32. The van der Waals surface area contributed by atoms with E-state index in [9.17, 15) is 4.79 Å². The Kier molecular flexibility index (Phi) is 2.79. The smallest absolute Gasteiger partial charge is 0.248 e. The molecule has 0 fully saturated rings. The Balaban J connectivity index is 2.11. The van der Waals surface area contributed by atoms with E-state index in [1.807, 2.05) is 4.57 Å². The van der Waals surface area contributed by atoms with Gasteiger partial charge in [-0.1, -0.05) is 0 Å². The first kappa shape index (κ1) is 12.1. The van der Waals surface area contributed by atoms with Crippen LogP contribution in [0, 0.1) is 0 Å². The molecule has 3 N–H and O–H groups in total. The summed E-state index contributed by atoms with van der Waals surface area (Å²) in [5.74, 6) is 0.0693. The second-order valence-corrected chi connectivity index (χ2v) is 4.18. The van der Waals surface area contributed by atoms with Crippen LogP contribution < -0.4 is 11.1 Å². The second-order valence-electron chi connectivity index (χ2n) is 4.18. The molecule has 0 atom stereocenters.